The quantitative estimate of drug-likeness (QED) is 0.203. The third-order valence-corrected chi connectivity index (χ3v) is 8.05. The maximum absolute atomic E-state index is 13.6. The average molecular weight is 527 g/mol. The van der Waals surface area contributed by atoms with Gasteiger partial charge in [0.15, 0.2) is 5.13 Å². The number of hydrogen-bond donors (Lipinski definition) is 1. The van der Waals surface area contributed by atoms with E-state index in [9.17, 15) is 14.7 Å². The van der Waals surface area contributed by atoms with Gasteiger partial charge in [-0.3, -0.25) is 14.5 Å². The number of Topliss-reactive ketones (excluding diaryl/α,β-unsaturated/α-hetero) is 1. The number of ketones is 1. The molecular formula is C30H26N2O5S. The van der Waals surface area contributed by atoms with Crippen LogP contribution in [0.3, 0.4) is 0 Å². The SMILES string of the molecule is COc1cccc([C@H]2C(=C(O)c3ccc4c(c3)C[C@@H](C)O4)C(=O)C(=O)N2c2nc3c(C)cc(C)cc3s2)c1. The van der Waals surface area contributed by atoms with Crippen molar-refractivity contribution in [2.45, 2.75) is 39.3 Å². The van der Waals surface area contributed by atoms with Crippen LogP contribution in [0.5, 0.6) is 11.5 Å². The maximum Gasteiger partial charge on any atom is 0.301 e. The summed E-state index contributed by atoms with van der Waals surface area (Å²) in [7, 11) is 1.56. The maximum atomic E-state index is 13.6. The molecule has 0 unspecified atom stereocenters. The molecule has 2 aliphatic rings. The fraction of sp³-hybridized carbons (Fsp3) is 0.233. The number of aryl methyl sites for hydroxylation is 2. The highest BCUT2D eigenvalue weighted by molar-refractivity contribution is 7.22. The molecule has 4 aromatic rings. The van der Waals surface area contributed by atoms with E-state index < -0.39 is 17.7 Å². The Kier molecular flexibility index (Phi) is 5.72. The zero-order chi connectivity index (χ0) is 26.7. The molecule has 0 saturated carbocycles. The van der Waals surface area contributed by atoms with Crippen LogP contribution in [0.4, 0.5) is 5.13 Å². The number of nitrogens with zero attached hydrogens (tertiary/aromatic N) is 2. The molecule has 0 spiro atoms. The second kappa shape index (κ2) is 8.99. The summed E-state index contributed by atoms with van der Waals surface area (Å²) in [4.78, 5) is 33.4. The van der Waals surface area contributed by atoms with Gasteiger partial charge in [-0.05, 0) is 79.4 Å². The number of carbonyl (C=O) groups excluding carboxylic acids is 2. The van der Waals surface area contributed by atoms with Crippen LogP contribution in [0.1, 0.15) is 40.8 Å². The van der Waals surface area contributed by atoms with Gasteiger partial charge < -0.3 is 14.6 Å². The van der Waals surface area contributed by atoms with Gasteiger partial charge in [-0.1, -0.05) is 29.5 Å². The highest BCUT2D eigenvalue weighted by Crippen LogP contribution is 2.45. The van der Waals surface area contributed by atoms with Gasteiger partial charge in [0, 0.05) is 12.0 Å². The molecule has 1 N–H and O–H groups in total. The van der Waals surface area contributed by atoms with E-state index in [0.717, 1.165) is 32.7 Å². The molecule has 0 radical (unpaired) electrons. The summed E-state index contributed by atoms with van der Waals surface area (Å²) in [6, 6.07) is 15.7. The topological polar surface area (TPSA) is 89.0 Å². The number of anilines is 1. The van der Waals surface area contributed by atoms with Gasteiger partial charge in [0.05, 0.1) is 28.9 Å². The molecule has 2 atom stereocenters. The van der Waals surface area contributed by atoms with E-state index in [0.29, 0.717) is 28.4 Å². The molecule has 1 aromatic heterocycles. The molecule has 0 bridgehead atoms. The summed E-state index contributed by atoms with van der Waals surface area (Å²) in [6.45, 7) is 5.97. The van der Waals surface area contributed by atoms with Crippen LogP contribution in [0, 0.1) is 13.8 Å². The van der Waals surface area contributed by atoms with Crippen LogP contribution in [-0.4, -0.2) is 35.0 Å². The lowest BCUT2D eigenvalue weighted by Crippen LogP contribution is -2.29. The van der Waals surface area contributed by atoms with Crippen molar-refractivity contribution in [3.63, 3.8) is 0 Å². The average Bonchev–Trinajstić information content (AvgIpc) is 3.56. The van der Waals surface area contributed by atoms with E-state index in [-0.39, 0.29) is 17.4 Å². The van der Waals surface area contributed by atoms with Gasteiger partial charge >= 0.3 is 5.91 Å². The number of thiazole rings is 1. The predicted molar refractivity (Wildman–Crippen MR) is 147 cm³/mol. The van der Waals surface area contributed by atoms with Crippen LogP contribution in [0.2, 0.25) is 0 Å². The minimum absolute atomic E-state index is 0.0160. The zero-order valence-corrected chi connectivity index (χ0v) is 22.3. The lowest BCUT2D eigenvalue weighted by Gasteiger charge is -2.23. The number of ether oxygens (including phenoxy) is 2. The normalized spacial score (nSPS) is 20.2. The number of amides is 1. The van der Waals surface area contributed by atoms with Gasteiger partial charge in [0.1, 0.15) is 23.4 Å². The number of carbonyl (C=O) groups is 2. The van der Waals surface area contributed by atoms with Gasteiger partial charge in [-0.25, -0.2) is 4.98 Å². The molecule has 7 nitrogen and oxygen atoms in total. The number of rotatable bonds is 4. The Morgan fingerprint density at radius 3 is 2.74 bits per heavy atom. The summed E-state index contributed by atoms with van der Waals surface area (Å²) in [5, 5.41) is 11.9. The molecule has 192 valence electrons. The van der Waals surface area contributed by atoms with Crippen LogP contribution in [0.25, 0.3) is 16.0 Å². The lowest BCUT2D eigenvalue weighted by atomic mass is 9.94. The van der Waals surface area contributed by atoms with Crippen molar-refractivity contribution in [1.82, 2.24) is 4.98 Å². The molecule has 6 rings (SSSR count). The van der Waals surface area contributed by atoms with E-state index >= 15 is 0 Å². The fourth-order valence-electron chi connectivity index (χ4n) is 5.34. The number of aromatic nitrogens is 1. The summed E-state index contributed by atoms with van der Waals surface area (Å²) < 4.78 is 12.2. The Balaban J connectivity index is 1.55. The van der Waals surface area contributed by atoms with Gasteiger partial charge in [-0.2, -0.15) is 0 Å². The Morgan fingerprint density at radius 2 is 1.95 bits per heavy atom. The van der Waals surface area contributed by atoms with Crippen molar-refractivity contribution < 1.29 is 24.2 Å². The number of methoxy groups -OCH3 is 1. The van der Waals surface area contributed by atoms with E-state index in [1.165, 1.54) is 16.2 Å². The van der Waals surface area contributed by atoms with E-state index in [1.54, 1.807) is 37.4 Å². The van der Waals surface area contributed by atoms with Crippen molar-refractivity contribution >= 4 is 44.1 Å². The predicted octanol–water partition coefficient (Wildman–Crippen LogP) is 5.87. The molecule has 3 heterocycles. The molecule has 0 aliphatic carbocycles. The highest BCUT2D eigenvalue weighted by Gasteiger charge is 2.48. The summed E-state index contributed by atoms with van der Waals surface area (Å²) in [5.74, 6) is -0.376. The Hall–Kier alpha value is -4.17. The van der Waals surface area contributed by atoms with Crippen molar-refractivity contribution in [1.29, 1.82) is 0 Å². The van der Waals surface area contributed by atoms with E-state index in [1.807, 2.05) is 45.0 Å². The highest BCUT2D eigenvalue weighted by atomic mass is 32.1. The van der Waals surface area contributed by atoms with Crippen molar-refractivity contribution in [2.24, 2.45) is 0 Å². The zero-order valence-electron chi connectivity index (χ0n) is 21.4. The summed E-state index contributed by atoms with van der Waals surface area (Å²) in [6.07, 6.45) is 0.741. The number of hydrogen-bond acceptors (Lipinski definition) is 7. The van der Waals surface area contributed by atoms with Crippen molar-refractivity contribution in [3.05, 3.63) is 88.0 Å². The number of aliphatic hydroxyl groups is 1. The van der Waals surface area contributed by atoms with Gasteiger partial charge in [0.25, 0.3) is 5.78 Å². The lowest BCUT2D eigenvalue weighted by molar-refractivity contribution is -0.132. The molecule has 38 heavy (non-hydrogen) atoms. The number of benzene rings is 3. The first-order valence-corrected chi connectivity index (χ1v) is 13.2. The summed E-state index contributed by atoms with van der Waals surface area (Å²) in [5.41, 5.74) is 4.93. The van der Waals surface area contributed by atoms with Crippen LogP contribution < -0.4 is 14.4 Å². The smallest absolute Gasteiger partial charge is 0.301 e. The number of aliphatic hydroxyl groups excluding tert-OH is 1. The Labute approximate surface area is 224 Å². The second-order valence-electron chi connectivity index (χ2n) is 9.83. The summed E-state index contributed by atoms with van der Waals surface area (Å²) >= 11 is 1.35. The minimum atomic E-state index is -0.879. The third kappa shape index (κ3) is 3.83. The van der Waals surface area contributed by atoms with Crippen LogP contribution >= 0.6 is 11.3 Å². The molecular weight excluding hydrogens is 500 g/mol. The van der Waals surface area contributed by atoms with E-state index in [2.05, 4.69) is 0 Å². The van der Waals surface area contributed by atoms with Crippen molar-refractivity contribution in [3.8, 4) is 11.5 Å². The monoisotopic (exact) mass is 526 g/mol. The standard InChI is InChI=1S/C30H26N2O5S/c1-15-10-16(2)25-23(11-15)38-30(31-25)32-26(18-6-5-7-21(14-18)36-4)24(28(34)29(32)35)27(33)19-8-9-22-20(13-19)12-17(3)37-22/h5-11,13-14,17,26,33H,12H2,1-4H3/t17-,26+/m1/s1. The van der Waals surface area contributed by atoms with Gasteiger partial charge in [-0.15, -0.1) is 0 Å². The van der Waals surface area contributed by atoms with E-state index in [4.69, 9.17) is 14.5 Å². The first-order chi connectivity index (χ1) is 18.2. The van der Waals surface area contributed by atoms with Gasteiger partial charge in [0.2, 0.25) is 0 Å². The van der Waals surface area contributed by atoms with Crippen LogP contribution in [0.15, 0.2) is 60.2 Å². The first kappa shape index (κ1) is 24.2. The Morgan fingerprint density at radius 1 is 1.13 bits per heavy atom. The third-order valence-electron chi connectivity index (χ3n) is 7.05. The molecule has 3 aromatic carbocycles. The molecule has 2 aliphatic heterocycles. The Bertz CT molecular complexity index is 1670. The molecule has 1 fully saturated rings. The molecule has 8 heteroatoms. The van der Waals surface area contributed by atoms with Crippen LogP contribution in [-0.2, 0) is 16.0 Å². The molecule has 1 amide bonds. The molecule has 1 saturated heterocycles. The second-order valence-corrected chi connectivity index (χ2v) is 10.8. The largest absolute Gasteiger partial charge is 0.507 e. The fourth-order valence-corrected chi connectivity index (χ4v) is 6.51. The first-order valence-electron chi connectivity index (χ1n) is 12.4. The number of fused-ring (bicyclic) bond motifs is 2. The van der Waals surface area contributed by atoms with Crippen molar-refractivity contribution in [2.75, 3.05) is 12.0 Å². The minimum Gasteiger partial charge on any atom is -0.507 e.